The van der Waals surface area contributed by atoms with E-state index in [1.807, 2.05) is 18.2 Å². The van der Waals surface area contributed by atoms with Crippen LogP contribution in [0.15, 0.2) is 18.2 Å². The summed E-state index contributed by atoms with van der Waals surface area (Å²) >= 11 is 0. The molecule has 0 heterocycles. The minimum atomic E-state index is 0. The van der Waals surface area contributed by atoms with Gasteiger partial charge in [-0.3, -0.25) is 0 Å². The van der Waals surface area contributed by atoms with E-state index in [9.17, 15) is 0 Å². The predicted molar refractivity (Wildman–Crippen MR) is 45.6 cm³/mol. The van der Waals surface area contributed by atoms with Crippen molar-refractivity contribution in [1.29, 1.82) is 0 Å². The number of methoxy groups -OCH3 is 2. The fourth-order valence-corrected chi connectivity index (χ4v) is 0.666. The van der Waals surface area contributed by atoms with Gasteiger partial charge < -0.3 is 9.47 Å². The Morgan fingerprint density at radius 1 is 1.08 bits per heavy atom. The van der Waals surface area contributed by atoms with Crippen LogP contribution in [-0.2, 0) is 19.5 Å². The first-order chi connectivity index (χ1) is 4.86. The summed E-state index contributed by atoms with van der Waals surface area (Å²) in [5.41, 5.74) is 0. The van der Waals surface area contributed by atoms with Crippen LogP contribution in [-0.4, -0.2) is 14.2 Å². The SMILES string of the molecule is COc1[c-]c(OC)ccc1.Cl.[Zn]. The van der Waals surface area contributed by atoms with Crippen LogP contribution in [0.25, 0.3) is 0 Å². The fraction of sp³-hybridized carbons (Fsp3) is 0.250. The van der Waals surface area contributed by atoms with Gasteiger partial charge in [0.05, 0.1) is 14.2 Å². The third-order valence-electron chi connectivity index (χ3n) is 1.18. The minimum Gasteiger partial charge on any atom is -0.522 e. The van der Waals surface area contributed by atoms with Gasteiger partial charge in [0.2, 0.25) is 0 Å². The quantitative estimate of drug-likeness (QED) is 0.579. The van der Waals surface area contributed by atoms with Gasteiger partial charge in [-0.2, -0.15) is 6.07 Å². The molecular weight excluding hydrogens is 229 g/mol. The van der Waals surface area contributed by atoms with Gasteiger partial charge in [-0.25, -0.2) is 0 Å². The molecule has 0 radical (unpaired) electrons. The molecule has 0 unspecified atom stereocenters. The Kier molecular flexibility index (Phi) is 8.78. The average molecular weight is 239 g/mol. The van der Waals surface area contributed by atoms with Gasteiger partial charge in [-0.15, -0.1) is 24.5 Å². The summed E-state index contributed by atoms with van der Waals surface area (Å²) < 4.78 is 9.84. The molecule has 0 aliphatic rings. The number of halogens is 1. The first-order valence-electron chi connectivity index (χ1n) is 2.97. The number of hydrogen-bond acceptors (Lipinski definition) is 2. The Labute approximate surface area is 91.4 Å². The molecule has 1 aromatic rings. The van der Waals surface area contributed by atoms with E-state index in [-0.39, 0.29) is 31.9 Å². The third kappa shape index (κ3) is 3.94. The molecule has 0 fully saturated rings. The van der Waals surface area contributed by atoms with Crippen molar-refractivity contribution < 1.29 is 29.0 Å². The van der Waals surface area contributed by atoms with Crippen LogP contribution in [0.1, 0.15) is 0 Å². The molecule has 1 aromatic carbocycles. The van der Waals surface area contributed by atoms with Crippen molar-refractivity contribution in [3.63, 3.8) is 0 Å². The average Bonchev–Trinajstić information content (AvgIpc) is 2.05. The van der Waals surface area contributed by atoms with E-state index < -0.39 is 0 Å². The predicted octanol–water partition coefficient (Wildman–Crippen LogP) is 1.92. The number of benzene rings is 1. The van der Waals surface area contributed by atoms with Crippen molar-refractivity contribution >= 4 is 12.4 Å². The molecule has 0 N–H and O–H groups in total. The molecular formula is C8H10ClO2Zn-. The van der Waals surface area contributed by atoms with Gasteiger partial charge in [0, 0.05) is 31.0 Å². The third-order valence-corrected chi connectivity index (χ3v) is 1.18. The first kappa shape index (κ1) is 14.3. The molecule has 0 aliphatic carbocycles. The van der Waals surface area contributed by atoms with E-state index in [1.165, 1.54) is 0 Å². The first-order valence-corrected chi connectivity index (χ1v) is 2.97. The monoisotopic (exact) mass is 237 g/mol. The molecule has 12 heavy (non-hydrogen) atoms. The zero-order valence-electron chi connectivity index (χ0n) is 7.16. The topological polar surface area (TPSA) is 18.5 Å². The molecule has 1 rings (SSSR count). The van der Waals surface area contributed by atoms with Crippen LogP contribution in [0, 0.1) is 6.07 Å². The van der Waals surface area contributed by atoms with E-state index in [4.69, 9.17) is 9.47 Å². The van der Waals surface area contributed by atoms with Gasteiger partial charge >= 0.3 is 0 Å². The molecule has 0 saturated carbocycles. The molecule has 0 aromatic heterocycles. The Bertz CT molecular complexity index is 199. The molecule has 2 nitrogen and oxygen atoms in total. The molecule has 4 heteroatoms. The van der Waals surface area contributed by atoms with Crippen molar-refractivity contribution in [2.24, 2.45) is 0 Å². The van der Waals surface area contributed by atoms with Gasteiger partial charge in [0.15, 0.2) is 0 Å². The second kappa shape index (κ2) is 7.39. The molecule has 0 aliphatic heterocycles. The van der Waals surface area contributed by atoms with Gasteiger partial charge in [-0.05, 0) is 0 Å². The maximum Gasteiger partial charge on any atom is 0.0743 e. The summed E-state index contributed by atoms with van der Waals surface area (Å²) in [6.07, 6.45) is 0. The second-order valence-corrected chi connectivity index (χ2v) is 1.79. The van der Waals surface area contributed by atoms with Crippen LogP contribution < -0.4 is 9.47 Å². The van der Waals surface area contributed by atoms with Crippen LogP contribution in [0.4, 0.5) is 0 Å². The molecule has 0 saturated heterocycles. The maximum absolute atomic E-state index is 4.92. The summed E-state index contributed by atoms with van der Waals surface area (Å²) in [7, 11) is 3.20. The second-order valence-electron chi connectivity index (χ2n) is 1.79. The molecule has 64 valence electrons. The van der Waals surface area contributed by atoms with E-state index in [1.54, 1.807) is 14.2 Å². The van der Waals surface area contributed by atoms with Crippen LogP contribution in [0.3, 0.4) is 0 Å². The maximum atomic E-state index is 4.92. The smallest absolute Gasteiger partial charge is 0.0743 e. The number of hydrogen-bond donors (Lipinski definition) is 0. The Morgan fingerprint density at radius 2 is 1.50 bits per heavy atom. The normalized spacial score (nSPS) is 7.50. The van der Waals surface area contributed by atoms with Crippen molar-refractivity contribution in [2.75, 3.05) is 14.2 Å². The standard InChI is InChI=1S/C8H9O2.ClH.Zn/c1-9-7-4-3-5-8(6-7)10-2;;/h3-5H,1-2H3;1H;/q-1;;. The van der Waals surface area contributed by atoms with Crippen molar-refractivity contribution in [3.05, 3.63) is 24.3 Å². The molecule has 0 amide bonds. The summed E-state index contributed by atoms with van der Waals surface area (Å²) in [5.74, 6) is 1.39. The van der Waals surface area contributed by atoms with Crippen molar-refractivity contribution in [2.45, 2.75) is 0 Å². The Hall–Kier alpha value is -0.267. The largest absolute Gasteiger partial charge is 0.522 e. The molecule has 0 spiro atoms. The van der Waals surface area contributed by atoms with Gasteiger partial charge in [0.25, 0.3) is 0 Å². The Morgan fingerprint density at radius 3 is 1.83 bits per heavy atom. The van der Waals surface area contributed by atoms with E-state index in [0.29, 0.717) is 11.5 Å². The van der Waals surface area contributed by atoms with Crippen LogP contribution >= 0.6 is 12.4 Å². The van der Waals surface area contributed by atoms with E-state index in [2.05, 4.69) is 6.07 Å². The fourth-order valence-electron chi connectivity index (χ4n) is 0.666. The zero-order valence-corrected chi connectivity index (χ0v) is 10.9. The van der Waals surface area contributed by atoms with Crippen LogP contribution in [0.5, 0.6) is 11.5 Å². The van der Waals surface area contributed by atoms with Crippen molar-refractivity contribution in [3.8, 4) is 11.5 Å². The van der Waals surface area contributed by atoms with Crippen LogP contribution in [0.2, 0.25) is 0 Å². The molecule has 0 bridgehead atoms. The van der Waals surface area contributed by atoms with Gasteiger partial charge in [0.1, 0.15) is 0 Å². The number of rotatable bonds is 2. The summed E-state index contributed by atoms with van der Waals surface area (Å²) in [4.78, 5) is 0. The summed E-state index contributed by atoms with van der Waals surface area (Å²) in [6.45, 7) is 0. The van der Waals surface area contributed by atoms with E-state index in [0.717, 1.165) is 0 Å². The van der Waals surface area contributed by atoms with E-state index >= 15 is 0 Å². The zero-order chi connectivity index (χ0) is 7.40. The molecule has 0 atom stereocenters. The summed E-state index contributed by atoms with van der Waals surface area (Å²) in [5, 5.41) is 0. The summed E-state index contributed by atoms with van der Waals surface area (Å²) in [6, 6.07) is 8.40. The Balaban J connectivity index is 0. The minimum absolute atomic E-state index is 0. The van der Waals surface area contributed by atoms with Gasteiger partial charge in [-0.1, -0.05) is 6.07 Å². The van der Waals surface area contributed by atoms with Crippen molar-refractivity contribution in [1.82, 2.24) is 0 Å². The number of ether oxygens (including phenoxy) is 2.